The van der Waals surface area contributed by atoms with E-state index in [1.807, 2.05) is 0 Å². The van der Waals surface area contributed by atoms with Crippen LogP contribution in [0.5, 0.6) is 0 Å². The van der Waals surface area contributed by atoms with Gasteiger partial charge in [-0.1, -0.05) is 20.5 Å². The SMILES string of the molecule is C[C@]12C[C@@]3(C)O[C@](C)(C[C@@](C)(O1)P3P1C3CCCC1CCC3)O2. The van der Waals surface area contributed by atoms with Gasteiger partial charge < -0.3 is 14.2 Å². The van der Waals surface area contributed by atoms with Gasteiger partial charge in [-0.15, -0.1) is 0 Å². The van der Waals surface area contributed by atoms with Crippen LogP contribution in [-0.4, -0.2) is 33.6 Å². The number of hydrogen-bond acceptors (Lipinski definition) is 3. The third-order valence-corrected chi connectivity index (χ3v) is 17.8. The van der Waals surface area contributed by atoms with Crippen LogP contribution in [0.2, 0.25) is 0 Å². The van der Waals surface area contributed by atoms with E-state index in [-0.39, 0.29) is 25.9 Å². The van der Waals surface area contributed by atoms with Crippen molar-refractivity contribution in [3.8, 4) is 0 Å². The van der Waals surface area contributed by atoms with Crippen LogP contribution in [-0.2, 0) is 14.2 Å². The van der Waals surface area contributed by atoms with Crippen LogP contribution in [0.4, 0.5) is 0 Å². The van der Waals surface area contributed by atoms with Crippen molar-refractivity contribution in [3.63, 3.8) is 0 Å². The van der Waals surface area contributed by atoms with Gasteiger partial charge in [0.25, 0.3) is 0 Å². The van der Waals surface area contributed by atoms with Gasteiger partial charge in [-0.2, -0.15) is 0 Å². The third kappa shape index (κ3) is 2.20. The van der Waals surface area contributed by atoms with Crippen LogP contribution in [0, 0.1) is 0 Å². The number of hydrogen-bond donors (Lipinski definition) is 0. The van der Waals surface area contributed by atoms with E-state index in [2.05, 4.69) is 27.7 Å². The summed E-state index contributed by atoms with van der Waals surface area (Å²) in [5, 5.41) is -0.00155. The van der Waals surface area contributed by atoms with Crippen molar-refractivity contribution in [2.24, 2.45) is 0 Å². The van der Waals surface area contributed by atoms with Gasteiger partial charge in [0.15, 0.2) is 11.6 Å². The van der Waals surface area contributed by atoms with E-state index >= 15 is 0 Å². The zero-order chi connectivity index (χ0) is 16.1. The zero-order valence-corrected chi connectivity index (χ0v) is 16.7. The lowest BCUT2D eigenvalue weighted by Gasteiger charge is -2.72. The predicted octanol–water partition coefficient (Wildman–Crippen LogP) is 5.71. The molecule has 0 aliphatic carbocycles. The highest BCUT2D eigenvalue weighted by molar-refractivity contribution is 8.31. The minimum Gasteiger partial charge on any atom is -0.339 e. The second-order valence-electron chi connectivity index (χ2n) is 9.14. The summed E-state index contributed by atoms with van der Waals surface area (Å²) >= 11 is 0. The van der Waals surface area contributed by atoms with E-state index in [4.69, 9.17) is 14.2 Å². The Morgan fingerprint density at radius 2 is 1.13 bits per heavy atom. The lowest BCUT2D eigenvalue weighted by atomic mass is 9.98. The topological polar surface area (TPSA) is 27.7 Å². The van der Waals surface area contributed by atoms with Crippen molar-refractivity contribution in [2.75, 3.05) is 0 Å². The van der Waals surface area contributed by atoms with Crippen molar-refractivity contribution >= 4 is 15.2 Å². The summed E-state index contributed by atoms with van der Waals surface area (Å²) in [5.41, 5.74) is 1.98. The number of ether oxygens (including phenoxy) is 3. The molecule has 0 amide bonds. The van der Waals surface area contributed by atoms with Gasteiger partial charge in [0.1, 0.15) is 0 Å². The molecule has 3 nitrogen and oxygen atoms in total. The van der Waals surface area contributed by atoms with Crippen LogP contribution >= 0.6 is 15.2 Å². The van der Waals surface area contributed by atoms with Crippen LogP contribution in [0.1, 0.15) is 79.1 Å². The molecule has 0 saturated carbocycles. The van der Waals surface area contributed by atoms with Gasteiger partial charge in [-0.3, -0.25) is 0 Å². The Kier molecular flexibility index (Phi) is 3.27. The van der Waals surface area contributed by atoms with E-state index in [0.29, 0.717) is 0 Å². The number of rotatable bonds is 1. The average Bonchev–Trinajstić information content (AvgIpc) is 2.31. The molecule has 6 fully saturated rings. The second-order valence-corrected chi connectivity index (χ2v) is 16.5. The molecule has 23 heavy (non-hydrogen) atoms. The van der Waals surface area contributed by atoms with Gasteiger partial charge in [-0.25, -0.2) is 0 Å². The molecule has 0 unspecified atom stereocenters. The predicted molar refractivity (Wildman–Crippen MR) is 95.2 cm³/mol. The first-order chi connectivity index (χ1) is 10.7. The van der Waals surface area contributed by atoms with E-state index < -0.39 is 11.6 Å². The highest BCUT2D eigenvalue weighted by atomic mass is 32.1. The Morgan fingerprint density at radius 3 is 1.57 bits per heavy atom. The molecule has 6 aliphatic rings. The Balaban J connectivity index is 1.58. The van der Waals surface area contributed by atoms with Gasteiger partial charge in [0.2, 0.25) is 0 Å². The molecular formula is C18H30O3P2. The van der Waals surface area contributed by atoms with Gasteiger partial charge in [0.05, 0.1) is 10.7 Å². The molecule has 6 bridgehead atoms. The third-order valence-electron chi connectivity index (χ3n) is 6.63. The molecule has 130 valence electrons. The van der Waals surface area contributed by atoms with Crippen molar-refractivity contribution in [1.82, 2.24) is 0 Å². The Labute approximate surface area is 142 Å². The minimum atomic E-state index is -0.437. The fourth-order valence-electron chi connectivity index (χ4n) is 6.68. The molecule has 6 aliphatic heterocycles. The first-order valence-corrected chi connectivity index (χ1v) is 13.0. The maximum atomic E-state index is 6.70. The molecule has 6 saturated heterocycles. The van der Waals surface area contributed by atoms with Crippen molar-refractivity contribution in [2.45, 2.75) is 113 Å². The quantitative estimate of drug-likeness (QED) is 0.564. The fourth-order valence-corrected chi connectivity index (χ4v) is 20.1. The van der Waals surface area contributed by atoms with Crippen LogP contribution in [0.25, 0.3) is 0 Å². The first-order valence-electron chi connectivity index (χ1n) is 9.44. The highest BCUT2D eigenvalue weighted by Crippen LogP contribution is 2.93. The Bertz CT molecular complexity index is 472. The van der Waals surface area contributed by atoms with E-state index in [1.165, 1.54) is 38.5 Å². The van der Waals surface area contributed by atoms with Crippen molar-refractivity contribution in [1.29, 1.82) is 0 Å². The molecule has 0 spiro atoms. The summed E-state index contributed by atoms with van der Waals surface area (Å²) in [6.07, 6.45) is 10.7. The first kappa shape index (κ1) is 16.0. The average molecular weight is 356 g/mol. The monoisotopic (exact) mass is 356 g/mol. The Hall–Kier alpha value is 0.740. The molecule has 0 aromatic carbocycles. The fraction of sp³-hybridized carbons (Fsp3) is 1.00. The van der Waals surface area contributed by atoms with Crippen LogP contribution in [0.15, 0.2) is 0 Å². The van der Waals surface area contributed by atoms with Crippen LogP contribution < -0.4 is 0 Å². The normalized spacial score (nSPS) is 64.2. The summed E-state index contributed by atoms with van der Waals surface area (Å²) in [7, 11) is -0.187. The summed E-state index contributed by atoms with van der Waals surface area (Å²) in [6.45, 7) is 9.10. The largest absolute Gasteiger partial charge is 0.339 e. The molecule has 6 rings (SSSR count). The molecule has 6 heterocycles. The molecule has 0 aromatic rings. The zero-order valence-electron chi connectivity index (χ0n) is 14.9. The maximum Gasteiger partial charge on any atom is 0.173 e. The smallest absolute Gasteiger partial charge is 0.173 e. The molecular weight excluding hydrogens is 326 g/mol. The molecule has 0 radical (unpaired) electrons. The lowest BCUT2D eigenvalue weighted by molar-refractivity contribution is -0.467. The van der Waals surface area contributed by atoms with Crippen molar-refractivity contribution < 1.29 is 14.2 Å². The summed E-state index contributed by atoms with van der Waals surface area (Å²) in [6, 6.07) is 0. The molecule has 5 heteroatoms. The lowest BCUT2D eigenvalue weighted by Crippen LogP contribution is -2.71. The molecule has 0 aromatic heterocycles. The number of fused-ring (bicyclic) bond motifs is 3. The van der Waals surface area contributed by atoms with Gasteiger partial charge in [0, 0.05) is 12.8 Å². The molecule has 4 atom stereocenters. The standard InChI is InChI=1S/C18H30O3P2/c1-15-11-17(3)21-16(2,19-15)12-18(4,20-15)23(17)22-13-7-5-8-14(22)10-6-9-13/h13-14H,5-12H2,1-4H3/t13?,14?,15-,16-,17+,18+,22?/m1/s1. The summed E-state index contributed by atoms with van der Waals surface area (Å²) in [4.78, 5) is 0. The van der Waals surface area contributed by atoms with Gasteiger partial charge in [-0.05, 0) is 72.3 Å². The second kappa shape index (κ2) is 4.72. The van der Waals surface area contributed by atoms with E-state index in [1.54, 1.807) is 0 Å². The van der Waals surface area contributed by atoms with Crippen molar-refractivity contribution in [3.05, 3.63) is 0 Å². The molecule has 0 N–H and O–H groups in total. The highest BCUT2D eigenvalue weighted by Gasteiger charge is 2.73. The summed E-state index contributed by atoms with van der Waals surface area (Å²) < 4.78 is 19.6. The van der Waals surface area contributed by atoms with Crippen LogP contribution in [0.3, 0.4) is 0 Å². The van der Waals surface area contributed by atoms with E-state index in [0.717, 1.165) is 24.2 Å². The summed E-state index contributed by atoms with van der Waals surface area (Å²) in [5.74, 6) is -0.873. The minimum absolute atomic E-state index is 0.000777. The van der Waals surface area contributed by atoms with Gasteiger partial charge >= 0.3 is 0 Å². The Morgan fingerprint density at radius 1 is 0.696 bits per heavy atom. The van der Waals surface area contributed by atoms with E-state index in [9.17, 15) is 0 Å². The maximum absolute atomic E-state index is 6.70.